The van der Waals surface area contributed by atoms with Gasteiger partial charge < -0.3 is 10.5 Å². The van der Waals surface area contributed by atoms with E-state index in [9.17, 15) is 4.79 Å². The summed E-state index contributed by atoms with van der Waals surface area (Å²) in [6, 6.07) is 5.19. The van der Waals surface area contributed by atoms with Gasteiger partial charge in [0.1, 0.15) is 5.75 Å². The predicted octanol–water partition coefficient (Wildman–Crippen LogP) is 2.96. The van der Waals surface area contributed by atoms with E-state index in [4.69, 9.17) is 10.5 Å². The molecule has 0 aromatic heterocycles. The van der Waals surface area contributed by atoms with Crippen LogP contribution in [0.5, 0.6) is 5.75 Å². The summed E-state index contributed by atoms with van der Waals surface area (Å²) in [5, 5.41) is 0. The lowest BCUT2D eigenvalue weighted by atomic mass is 9.93. The van der Waals surface area contributed by atoms with E-state index in [1.165, 1.54) is 6.42 Å². The maximum Gasteiger partial charge on any atom is 0.188 e. The number of Topliss-reactive ketones (excluding diaryl/α,β-unsaturated/α-hetero) is 1. The molecule has 0 aliphatic heterocycles. The summed E-state index contributed by atoms with van der Waals surface area (Å²) >= 11 is 0. The Morgan fingerprint density at radius 1 is 1.35 bits per heavy atom. The van der Waals surface area contributed by atoms with Crippen LogP contribution in [0.2, 0.25) is 0 Å². The van der Waals surface area contributed by atoms with Gasteiger partial charge in [-0.05, 0) is 49.5 Å². The van der Waals surface area contributed by atoms with E-state index >= 15 is 0 Å². The summed E-state index contributed by atoms with van der Waals surface area (Å²) < 4.78 is 5.13. The molecule has 0 atom stereocenters. The third-order valence-corrected chi connectivity index (χ3v) is 3.08. The maximum atomic E-state index is 12.2. The van der Waals surface area contributed by atoms with Gasteiger partial charge in [-0.2, -0.15) is 0 Å². The van der Waals surface area contributed by atoms with Crippen LogP contribution in [0.1, 0.15) is 36.0 Å². The van der Waals surface area contributed by atoms with Crippen LogP contribution in [0, 0.1) is 0 Å². The molecule has 2 rings (SSSR count). The predicted molar refractivity (Wildman–Crippen MR) is 68.3 cm³/mol. The highest BCUT2D eigenvalue weighted by molar-refractivity contribution is 6.09. The van der Waals surface area contributed by atoms with Crippen molar-refractivity contribution in [3.05, 3.63) is 35.4 Å². The Hall–Kier alpha value is -1.77. The quantitative estimate of drug-likeness (QED) is 0.642. The summed E-state index contributed by atoms with van der Waals surface area (Å²) in [7, 11) is 1.56. The number of benzene rings is 1. The zero-order chi connectivity index (χ0) is 12.3. The van der Waals surface area contributed by atoms with Crippen molar-refractivity contribution in [2.24, 2.45) is 0 Å². The van der Waals surface area contributed by atoms with Crippen molar-refractivity contribution >= 4 is 11.5 Å². The summed E-state index contributed by atoms with van der Waals surface area (Å²) in [5.41, 5.74) is 7.86. The number of carbonyl (C=O) groups excluding carboxylic acids is 1. The third-order valence-electron chi connectivity index (χ3n) is 3.08. The first-order valence-electron chi connectivity index (χ1n) is 5.89. The van der Waals surface area contributed by atoms with E-state index in [0.717, 1.165) is 24.8 Å². The number of ether oxygens (including phenoxy) is 1. The molecule has 1 aliphatic carbocycles. The molecule has 1 aromatic carbocycles. The minimum Gasteiger partial charge on any atom is -0.495 e. The van der Waals surface area contributed by atoms with Crippen molar-refractivity contribution in [1.29, 1.82) is 0 Å². The van der Waals surface area contributed by atoms with E-state index in [2.05, 4.69) is 6.08 Å². The summed E-state index contributed by atoms with van der Waals surface area (Å²) in [6.45, 7) is 0. The molecule has 0 unspecified atom stereocenters. The maximum absolute atomic E-state index is 12.2. The molecular weight excluding hydrogens is 214 g/mol. The second-order valence-electron chi connectivity index (χ2n) is 4.26. The Kier molecular flexibility index (Phi) is 3.47. The van der Waals surface area contributed by atoms with Gasteiger partial charge >= 0.3 is 0 Å². The van der Waals surface area contributed by atoms with Crippen LogP contribution >= 0.6 is 0 Å². The fourth-order valence-corrected chi connectivity index (χ4v) is 2.08. The molecule has 0 radical (unpaired) electrons. The van der Waals surface area contributed by atoms with Gasteiger partial charge in [0.15, 0.2) is 5.78 Å². The number of hydrogen-bond donors (Lipinski definition) is 1. The summed E-state index contributed by atoms with van der Waals surface area (Å²) in [6.07, 6.45) is 6.22. The van der Waals surface area contributed by atoms with Gasteiger partial charge in [-0.15, -0.1) is 0 Å². The van der Waals surface area contributed by atoms with E-state index in [1.807, 2.05) is 0 Å². The molecular formula is C14H17NO2. The molecule has 3 nitrogen and oxygen atoms in total. The number of hydrogen-bond acceptors (Lipinski definition) is 3. The van der Waals surface area contributed by atoms with Crippen molar-refractivity contribution in [2.45, 2.75) is 25.7 Å². The molecule has 0 heterocycles. The van der Waals surface area contributed by atoms with Crippen molar-refractivity contribution in [1.82, 2.24) is 0 Å². The molecule has 1 aromatic rings. The van der Waals surface area contributed by atoms with E-state index in [-0.39, 0.29) is 5.78 Å². The van der Waals surface area contributed by atoms with Crippen molar-refractivity contribution in [3.8, 4) is 5.75 Å². The lowest BCUT2D eigenvalue weighted by Gasteiger charge is -2.12. The zero-order valence-corrected chi connectivity index (χ0v) is 10.0. The van der Waals surface area contributed by atoms with Gasteiger partial charge in [0.05, 0.1) is 12.8 Å². The Labute approximate surface area is 101 Å². The first-order valence-corrected chi connectivity index (χ1v) is 5.89. The first-order chi connectivity index (χ1) is 8.22. The zero-order valence-electron chi connectivity index (χ0n) is 10.0. The van der Waals surface area contributed by atoms with E-state index in [1.54, 1.807) is 25.3 Å². The minimum atomic E-state index is 0.100. The normalized spacial score (nSPS) is 15.2. The number of methoxy groups -OCH3 is 1. The van der Waals surface area contributed by atoms with Crippen molar-refractivity contribution in [2.75, 3.05) is 12.8 Å². The largest absolute Gasteiger partial charge is 0.495 e. The van der Waals surface area contributed by atoms with Crippen LogP contribution in [-0.2, 0) is 0 Å². The third kappa shape index (κ3) is 2.49. The second kappa shape index (κ2) is 5.04. The highest BCUT2D eigenvalue weighted by Gasteiger charge is 2.15. The molecule has 17 heavy (non-hydrogen) atoms. The van der Waals surface area contributed by atoms with Gasteiger partial charge in [-0.3, -0.25) is 4.79 Å². The van der Waals surface area contributed by atoms with Gasteiger partial charge in [-0.1, -0.05) is 6.08 Å². The second-order valence-corrected chi connectivity index (χ2v) is 4.26. The van der Waals surface area contributed by atoms with E-state index < -0.39 is 0 Å². The number of nitrogens with two attached hydrogens (primary N) is 1. The minimum absolute atomic E-state index is 0.100. The summed E-state index contributed by atoms with van der Waals surface area (Å²) in [4.78, 5) is 12.2. The molecule has 2 N–H and O–H groups in total. The van der Waals surface area contributed by atoms with Gasteiger partial charge in [0.2, 0.25) is 0 Å². The van der Waals surface area contributed by atoms with Crippen LogP contribution in [0.25, 0.3) is 0 Å². The van der Waals surface area contributed by atoms with Crippen LogP contribution in [-0.4, -0.2) is 12.9 Å². The molecule has 0 fully saturated rings. The van der Waals surface area contributed by atoms with Gasteiger partial charge in [0.25, 0.3) is 0 Å². The average molecular weight is 231 g/mol. The Morgan fingerprint density at radius 3 is 2.82 bits per heavy atom. The summed E-state index contributed by atoms with van der Waals surface area (Å²) in [5.74, 6) is 0.662. The number of nitrogen functional groups attached to an aromatic ring is 1. The molecule has 0 bridgehead atoms. The number of anilines is 1. The fraction of sp³-hybridized carbons (Fsp3) is 0.357. The van der Waals surface area contributed by atoms with Crippen LogP contribution in [0.3, 0.4) is 0 Å². The SMILES string of the molecule is COc1cc(C(=O)C2=CCCCC2)ccc1N. The fourth-order valence-electron chi connectivity index (χ4n) is 2.08. The molecule has 0 spiro atoms. The Balaban J connectivity index is 2.27. The Morgan fingerprint density at radius 2 is 2.18 bits per heavy atom. The molecule has 0 amide bonds. The molecule has 1 aliphatic rings. The number of carbonyl (C=O) groups is 1. The van der Waals surface area contributed by atoms with Crippen molar-refractivity contribution < 1.29 is 9.53 Å². The highest BCUT2D eigenvalue weighted by Crippen LogP contribution is 2.26. The van der Waals surface area contributed by atoms with Gasteiger partial charge in [0, 0.05) is 5.56 Å². The van der Waals surface area contributed by atoms with Crippen LogP contribution in [0.4, 0.5) is 5.69 Å². The Bertz CT molecular complexity index is 463. The standard InChI is InChI=1S/C14H17NO2/c1-17-13-9-11(7-8-12(13)15)14(16)10-5-3-2-4-6-10/h5,7-9H,2-4,6,15H2,1H3. The molecule has 0 saturated heterocycles. The van der Waals surface area contributed by atoms with Crippen LogP contribution in [0.15, 0.2) is 29.8 Å². The lowest BCUT2D eigenvalue weighted by molar-refractivity contribution is 0.102. The molecule has 90 valence electrons. The number of rotatable bonds is 3. The topological polar surface area (TPSA) is 52.3 Å². The smallest absolute Gasteiger partial charge is 0.188 e. The van der Waals surface area contributed by atoms with Crippen molar-refractivity contribution in [3.63, 3.8) is 0 Å². The van der Waals surface area contributed by atoms with Gasteiger partial charge in [-0.25, -0.2) is 0 Å². The van der Waals surface area contributed by atoms with Crippen LogP contribution < -0.4 is 10.5 Å². The monoisotopic (exact) mass is 231 g/mol. The first kappa shape index (κ1) is 11.7. The van der Waals surface area contributed by atoms with E-state index in [0.29, 0.717) is 17.0 Å². The highest BCUT2D eigenvalue weighted by atomic mass is 16.5. The average Bonchev–Trinajstić information content (AvgIpc) is 2.39. The number of ketones is 1. The molecule has 0 saturated carbocycles. The number of allylic oxidation sites excluding steroid dienone is 2. The molecule has 3 heteroatoms. The lowest BCUT2D eigenvalue weighted by Crippen LogP contribution is -2.07.